The molecule has 6 nitrogen and oxygen atoms in total. The first kappa shape index (κ1) is 19.8. The molecule has 1 saturated heterocycles. The van der Waals surface area contributed by atoms with Crippen LogP contribution in [-0.2, 0) is 11.3 Å². The minimum absolute atomic E-state index is 0.176. The summed E-state index contributed by atoms with van der Waals surface area (Å²) in [5, 5.41) is 16.5. The molecular weight excluding hydrogens is 406 g/mol. The molecule has 8 heteroatoms. The second kappa shape index (κ2) is 8.44. The van der Waals surface area contributed by atoms with E-state index in [0.29, 0.717) is 12.1 Å². The lowest BCUT2D eigenvalue weighted by Crippen LogP contribution is -2.45. The molecule has 2 aromatic heterocycles. The molecule has 1 aliphatic rings. The van der Waals surface area contributed by atoms with E-state index >= 15 is 0 Å². The SMILES string of the molecule is Cc1ncsc1-c1ccc(CNC(=O)C2CC(O)CN2C(=O)c2ccsc2)cc1. The zero-order chi connectivity index (χ0) is 20.4. The van der Waals surface area contributed by atoms with Crippen LogP contribution in [0, 0.1) is 6.92 Å². The number of nitrogens with zero attached hydrogens (tertiary/aromatic N) is 2. The number of aryl methyl sites for hydroxylation is 1. The van der Waals surface area contributed by atoms with Crippen molar-refractivity contribution in [3.05, 3.63) is 63.4 Å². The van der Waals surface area contributed by atoms with E-state index in [0.717, 1.165) is 21.7 Å². The number of aromatic nitrogens is 1. The standard InChI is InChI=1S/C21H21N3O3S2/c1-13-19(29-12-23-13)15-4-2-14(3-5-15)9-22-20(26)18-8-17(25)10-24(18)21(27)16-6-7-28-11-16/h2-7,11-12,17-18,25H,8-10H2,1H3,(H,22,26). The second-order valence-electron chi connectivity index (χ2n) is 7.06. The molecular formula is C21H21N3O3S2. The molecule has 0 spiro atoms. The van der Waals surface area contributed by atoms with Crippen LogP contribution in [0.3, 0.4) is 0 Å². The highest BCUT2D eigenvalue weighted by Gasteiger charge is 2.39. The third kappa shape index (κ3) is 4.24. The van der Waals surface area contributed by atoms with Gasteiger partial charge in [-0.2, -0.15) is 11.3 Å². The Morgan fingerprint density at radius 1 is 1.28 bits per heavy atom. The molecule has 0 saturated carbocycles. The first-order chi connectivity index (χ1) is 14.0. The third-order valence-corrected chi connectivity index (χ3v) is 6.70. The predicted molar refractivity (Wildman–Crippen MR) is 114 cm³/mol. The first-order valence-electron chi connectivity index (χ1n) is 9.31. The molecule has 0 radical (unpaired) electrons. The molecule has 0 aliphatic carbocycles. The van der Waals surface area contributed by atoms with Crippen LogP contribution in [-0.4, -0.2) is 45.5 Å². The van der Waals surface area contributed by atoms with E-state index < -0.39 is 12.1 Å². The molecule has 1 aliphatic heterocycles. The van der Waals surface area contributed by atoms with Crippen LogP contribution in [0.25, 0.3) is 10.4 Å². The number of rotatable bonds is 5. The van der Waals surface area contributed by atoms with Crippen LogP contribution in [0.4, 0.5) is 0 Å². The topological polar surface area (TPSA) is 82.5 Å². The highest BCUT2D eigenvalue weighted by Crippen LogP contribution is 2.27. The van der Waals surface area contributed by atoms with Gasteiger partial charge in [-0.1, -0.05) is 24.3 Å². The average Bonchev–Trinajstić information content (AvgIpc) is 3.47. The van der Waals surface area contributed by atoms with Gasteiger partial charge < -0.3 is 15.3 Å². The number of aliphatic hydroxyl groups excluding tert-OH is 1. The summed E-state index contributed by atoms with van der Waals surface area (Å²) in [6.45, 7) is 2.53. The number of nitrogens with one attached hydrogen (secondary N) is 1. The quantitative estimate of drug-likeness (QED) is 0.656. The summed E-state index contributed by atoms with van der Waals surface area (Å²) in [5.41, 5.74) is 5.46. The third-order valence-electron chi connectivity index (χ3n) is 5.04. The molecule has 3 heterocycles. The number of carbonyl (C=O) groups excluding carboxylic acids is 2. The van der Waals surface area contributed by atoms with E-state index in [1.807, 2.05) is 42.1 Å². The van der Waals surface area contributed by atoms with Crippen molar-refractivity contribution in [1.29, 1.82) is 0 Å². The molecule has 2 N–H and O–H groups in total. The average molecular weight is 428 g/mol. The molecule has 1 fully saturated rings. The van der Waals surface area contributed by atoms with Crippen LogP contribution in [0.2, 0.25) is 0 Å². The van der Waals surface area contributed by atoms with Crippen molar-refractivity contribution in [3.8, 4) is 10.4 Å². The van der Waals surface area contributed by atoms with Gasteiger partial charge >= 0.3 is 0 Å². The summed E-state index contributed by atoms with van der Waals surface area (Å²) >= 11 is 3.04. The minimum atomic E-state index is -0.685. The Morgan fingerprint density at radius 2 is 2.07 bits per heavy atom. The Bertz CT molecular complexity index is 999. The fourth-order valence-electron chi connectivity index (χ4n) is 3.50. The van der Waals surface area contributed by atoms with Crippen molar-refractivity contribution < 1.29 is 14.7 Å². The maximum Gasteiger partial charge on any atom is 0.255 e. The number of β-amino-alcohol motifs (C(OH)–C–C–N with tert-alkyl or cyclic N) is 1. The molecule has 3 aromatic rings. The van der Waals surface area contributed by atoms with Crippen molar-refractivity contribution in [2.45, 2.75) is 32.0 Å². The number of hydrogen-bond donors (Lipinski definition) is 2. The number of benzene rings is 1. The maximum atomic E-state index is 12.7. The van der Waals surface area contributed by atoms with E-state index in [1.54, 1.807) is 22.8 Å². The lowest BCUT2D eigenvalue weighted by Gasteiger charge is -2.23. The summed E-state index contributed by atoms with van der Waals surface area (Å²) < 4.78 is 0. The molecule has 4 rings (SSSR count). The molecule has 1 aromatic carbocycles. The Morgan fingerprint density at radius 3 is 2.72 bits per heavy atom. The summed E-state index contributed by atoms with van der Waals surface area (Å²) in [7, 11) is 0. The van der Waals surface area contributed by atoms with Gasteiger partial charge in [0, 0.05) is 24.9 Å². The lowest BCUT2D eigenvalue weighted by atomic mass is 10.1. The van der Waals surface area contributed by atoms with E-state index in [4.69, 9.17) is 0 Å². The zero-order valence-electron chi connectivity index (χ0n) is 15.9. The van der Waals surface area contributed by atoms with Gasteiger partial charge in [0.2, 0.25) is 5.91 Å². The van der Waals surface area contributed by atoms with E-state index in [-0.39, 0.29) is 24.8 Å². The monoisotopic (exact) mass is 427 g/mol. The lowest BCUT2D eigenvalue weighted by molar-refractivity contribution is -0.125. The van der Waals surface area contributed by atoms with Crippen LogP contribution < -0.4 is 5.32 Å². The number of likely N-dealkylation sites (tertiary alicyclic amines) is 1. The number of thiazole rings is 1. The Balaban J connectivity index is 1.39. The van der Waals surface area contributed by atoms with Gasteiger partial charge in [0.25, 0.3) is 5.91 Å². The van der Waals surface area contributed by atoms with Crippen molar-refractivity contribution in [3.63, 3.8) is 0 Å². The van der Waals surface area contributed by atoms with Crippen molar-refractivity contribution in [2.24, 2.45) is 0 Å². The summed E-state index contributed by atoms with van der Waals surface area (Å²) in [5.74, 6) is -0.459. The van der Waals surface area contributed by atoms with Crippen LogP contribution >= 0.6 is 22.7 Å². The van der Waals surface area contributed by atoms with Crippen LogP contribution in [0.1, 0.15) is 28.0 Å². The van der Waals surface area contributed by atoms with E-state index in [1.165, 1.54) is 16.2 Å². The van der Waals surface area contributed by atoms with Gasteiger partial charge in [-0.25, -0.2) is 4.98 Å². The van der Waals surface area contributed by atoms with Gasteiger partial charge in [-0.05, 0) is 29.5 Å². The fraction of sp³-hybridized carbons (Fsp3) is 0.286. The summed E-state index contributed by atoms with van der Waals surface area (Å²) in [6.07, 6.45) is -0.430. The smallest absolute Gasteiger partial charge is 0.255 e. The van der Waals surface area contributed by atoms with Gasteiger partial charge in [0.05, 0.1) is 27.7 Å². The number of amides is 2. The Labute approximate surface area is 176 Å². The molecule has 2 amide bonds. The number of thiophene rings is 1. The Hall–Kier alpha value is -2.55. The zero-order valence-corrected chi connectivity index (χ0v) is 17.5. The second-order valence-corrected chi connectivity index (χ2v) is 8.69. The van der Waals surface area contributed by atoms with E-state index in [2.05, 4.69) is 10.3 Å². The highest BCUT2D eigenvalue weighted by atomic mass is 32.1. The summed E-state index contributed by atoms with van der Waals surface area (Å²) in [6, 6.07) is 9.08. The van der Waals surface area contributed by atoms with Crippen LogP contribution in [0.5, 0.6) is 0 Å². The normalized spacial score (nSPS) is 18.8. The van der Waals surface area contributed by atoms with Gasteiger partial charge in [0.1, 0.15) is 6.04 Å². The van der Waals surface area contributed by atoms with Crippen LogP contribution in [0.15, 0.2) is 46.6 Å². The first-order valence-corrected chi connectivity index (χ1v) is 11.1. The molecule has 150 valence electrons. The summed E-state index contributed by atoms with van der Waals surface area (Å²) in [4.78, 5) is 32.3. The number of carbonyl (C=O) groups is 2. The highest BCUT2D eigenvalue weighted by molar-refractivity contribution is 7.13. The van der Waals surface area contributed by atoms with Crippen molar-refractivity contribution in [2.75, 3.05) is 6.54 Å². The van der Waals surface area contributed by atoms with Gasteiger partial charge in [0.15, 0.2) is 0 Å². The van der Waals surface area contributed by atoms with E-state index in [9.17, 15) is 14.7 Å². The van der Waals surface area contributed by atoms with Gasteiger partial charge in [-0.15, -0.1) is 11.3 Å². The fourth-order valence-corrected chi connectivity index (χ4v) is 4.94. The predicted octanol–water partition coefficient (Wildman–Crippen LogP) is 3.07. The number of hydrogen-bond acceptors (Lipinski definition) is 6. The minimum Gasteiger partial charge on any atom is -0.391 e. The molecule has 29 heavy (non-hydrogen) atoms. The Kier molecular flexibility index (Phi) is 5.75. The molecule has 2 unspecified atom stereocenters. The number of aliphatic hydroxyl groups is 1. The van der Waals surface area contributed by atoms with Gasteiger partial charge in [-0.3, -0.25) is 9.59 Å². The largest absolute Gasteiger partial charge is 0.391 e. The van der Waals surface area contributed by atoms with Crippen molar-refractivity contribution in [1.82, 2.24) is 15.2 Å². The maximum absolute atomic E-state index is 12.7. The molecule has 0 bridgehead atoms. The molecule has 2 atom stereocenters. The van der Waals surface area contributed by atoms with Crippen molar-refractivity contribution >= 4 is 34.5 Å².